The molecule has 3 aromatic heterocycles. The molecular formula is C41H46N6O. The largest absolute Gasteiger partial charge is 0.324 e. The summed E-state index contributed by atoms with van der Waals surface area (Å²) in [6.45, 7) is 14.2. The molecule has 246 valence electrons. The Morgan fingerprint density at radius 2 is 1.62 bits per heavy atom. The molecule has 2 aromatic carbocycles. The van der Waals surface area contributed by atoms with E-state index in [1.807, 2.05) is 54.4 Å². The lowest BCUT2D eigenvalue weighted by molar-refractivity contribution is 0.0704. The minimum atomic E-state index is -0.403. The minimum Gasteiger partial charge on any atom is -0.324 e. The van der Waals surface area contributed by atoms with Gasteiger partial charge in [0.25, 0.3) is 5.91 Å². The van der Waals surface area contributed by atoms with Gasteiger partial charge in [-0.2, -0.15) is 0 Å². The van der Waals surface area contributed by atoms with Crippen LogP contribution in [-0.4, -0.2) is 60.4 Å². The number of hydrogen-bond donors (Lipinski definition) is 0. The number of aryl methyl sites for hydroxylation is 2. The zero-order chi connectivity index (χ0) is 33.7. The number of carbonyl (C=O) groups excluding carboxylic acids is 1. The van der Waals surface area contributed by atoms with E-state index < -0.39 is 5.54 Å². The van der Waals surface area contributed by atoms with Crippen molar-refractivity contribution in [3.8, 4) is 0 Å². The van der Waals surface area contributed by atoms with Crippen molar-refractivity contribution in [1.82, 2.24) is 29.3 Å². The number of hydrogen-bond acceptors (Lipinski definition) is 5. The molecule has 6 rings (SSSR count). The van der Waals surface area contributed by atoms with Gasteiger partial charge in [0.1, 0.15) is 11.3 Å². The lowest BCUT2D eigenvalue weighted by Gasteiger charge is -2.33. The highest BCUT2D eigenvalue weighted by atomic mass is 16.2. The van der Waals surface area contributed by atoms with Gasteiger partial charge in [-0.1, -0.05) is 60.2 Å². The van der Waals surface area contributed by atoms with Crippen LogP contribution in [0.3, 0.4) is 0 Å². The Balaban J connectivity index is 1.17. The van der Waals surface area contributed by atoms with Gasteiger partial charge < -0.3 is 9.47 Å². The number of allylic oxidation sites excluding steroid dienone is 1. The van der Waals surface area contributed by atoms with Crippen molar-refractivity contribution in [2.75, 3.05) is 19.6 Å². The number of likely N-dealkylation sites (tertiary alicyclic amines) is 1. The fraction of sp³-hybridized carbons (Fsp3) is 0.317. The van der Waals surface area contributed by atoms with Crippen molar-refractivity contribution in [3.05, 3.63) is 143 Å². The van der Waals surface area contributed by atoms with E-state index in [0.29, 0.717) is 18.5 Å². The lowest BCUT2D eigenvalue weighted by Crippen LogP contribution is -2.41. The van der Waals surface area contributed by atoms with Crippen molar-refractivity contribution in [3.63, 3.8) is 0 Å². The number of pyridine rings is 2. The Morgan fingerprint density at radius 1 is 0.896 bits per heavy atom. The fourth-order valence-corrected chi connectivity index (χ4v) is 6.28. The molecule has 1 saturated heterocycles. The molecule has 1 aliphatic heterocycles. The van der Waals surface area contributed by atoms with E-state index in [2.05, 4.69) is 95.7 Å². The summed E-state index contributed by atoms with van der Waals surface area (Å²) >= 11 is 0. The molecule has 1 aliphatic rings. The standard InChI is InChI=1S/C41H46N6O/c1-30-13-17-33(18-14-30)36(22-27-45-24-6-7-25-45)37-12-8-10-35(44-37)11-9-26-47(41(3,4)5)40(48)34-19-15-32(16-20-34)29-46-31(2)43-38-28-42-23-21-39(38)46/h8-10,12-23,26,28H,6-7,11,24-25,27,29H2,1-5H3. The first kappa shape index (κ1) is 33.0. The lowest BCUT2D eigenvalue weighted by atomic mass is 10.00. The van der Waals surface area contributed by atoms with Crippen LogP contribution < -0.4 is 0 Å². The number of imidazole rings is 1. The SMILES string of the molecule is Cc1ccc(C(=CCN2CCCC2)c2cccc(CC=CN(C(=O)c3ccc(Cn4c(C)nc5cnccc54)cc3)C(C)(C)C)n2)cc1. The van der Waals surface area contributed by atoms with E-state index in [1.165, 1.54) is 24.0 Å². The van der Waals surface area contributed by atoms with Gasteiger partial charge in [-0.25, -0.2) is 4.98 Å². The normalized spacial score (nSPS) is 14.3. The van der Waals surface area contributed by atoms with E-state index >= 15 is 0 Å². The maximum absolute atomic E-state index is 13.8. The van der Waals surface area contributed by atoms with E-state index in [-0.39, 0.29) is 5.91 Å². The zero-order valence-electron chi connectivity index (χ0n) is 28.9. The molecule has 0 N–H and O–H groups in total. The molecule has 7 nitrogen and oxygen atoms in total. The van der Waals surface area contributed by atoms with Gasteiger partial charge in [0.15, 0.2) is 0 Å². The third-order valence-corrected chi connectivity index (χ3v) is 9.00. The highest BCUT2D eigenvalue weighted by molar-refractivity contribution is 5.95. The van der Waals surface area contributed by atoms with E-state index in [0.717, 1.165) is 59.0 Å². The number of aromatic nitrogens is 4. The van der Waals surface area contributed by atoms with Crippen LogP contribution in [0, 0.1) is 13.8 Å². The Bertz CT molecular complexity index is 1920. The van der Waals surface area contributed by atoms with Crippen LogP contribution in [0.25, 0.3) is 16.6 Å². The zero-order valence-corrected chi connectivity index (χ0v) is 28.9. The Morgan fingerprint density at radius 3 is 2.35 bits per heavy atom. The number of nitrogens with zero attached hydrogens (tertiary/aromatic N) is 6. The summed E-state index contributed by atoms with van der Waals surface area (Å²) in [5, 5.41) is 0. The van der Waals surface area contributed by atoms with Gasteiger partial charge in [0.05, 0.1) is 17.4 Å². The molecule has 0 saturated carbocycles. The van der Waals surface area contributed by atoms with E-state index in [9.17, 15) is 4.79 Å². The van der Waals surface area contributed by atoms with Gasteiger partial charge in [0, 0.05) is 54.3 Å². The number of amides is 1. The highest BCUT2D eigenvalue weighted by Gasteiger charge is 2.25. The number of fused-ring (bicyclic) bond motifs is 1. The highest BCUT2D eigenvalue weighted by Crippen LogP contribution is 2.25. The molecule has 7 heteroatoms. The first-order valence-corrected chi connectivity index (χ1v) is 17.0. The van der Waals surface area contributed by atoms with Gasteiger partial charge in [0.2, 0.25) is 0 Å². The maximum Gasteiger partial charge on any atom is 0.258 e. The van der Waals surface area contributed by atoms with Crippen molar-refractivity contribution < 1.29 is 4.79 Å². The van der Waals surface area contributed by atoms with Crippen molar-refractivity contribution in [2.45, 2.75) is 66.0 Å². The van der Waals surface area contributed by atoms with E-state index in [4.69, 9.17) is 4.98 Å². The van der Waals surface area contributed by atoms with Gasteiger partial charge in [-0.3, -0.25) is 19.7 Å². The quantitative estimate of drug-likeness (QED) is 0.155. The Labute approximate surface area is 284 Å². The topological polar surface area (TPSA) is 67.2 Å². The molecule has 0 aliphatic carbocycles. The molecule has 5 aromatic rings. The first-order chi connectivity index (χ1) is 23.2. The van der Waals surface area contributed by atoms with Crippen LogP contribution >= 0.6 is 0 Å². The predicted molar refractivity (Wildman–Crippen MR) is 195 cm³/mol. The molecule has 4 heterocycles. The predicted octanol–water partition coefficient (Wildman–Crippen LogP) is 8.02. The second kappa shape index (κ2) is 14.5. The third-order valence-electron chi connectivity index (χ3n) is 9.00. The number of rotatable bonds is 10. The van der Waals surface area contributed by atoms with Crippen molar-refractivity contribution in [1.29, 1.82) is 0 Å². The smallest absolute Gasteiger partial charge is 0.258 e. The summed E-state index contributed by atoms with van der Waals surface area (Å²) in [6, 6.07) is 24.9. The average Bonchev–Trinajstić information content (AvgIpc) is 3.71. The van der Waals surface area contributed by atoms with Crippen LogP contribution in [0.5, 0.6) is 0 Å². The number of benzene rings is 2. The summed E-state index contributed by atoms with van der Waals surface area (Å²) in [7, 11) is 0. The van der Waals surface area contributed by atoms with Gasteiger partial charge in [-0.05, 0) is 102 Å². The molecule has 1 amide bonds. The van der Waals surface area contributed by atoms with Crippen LogP contribution in [0.1, 0.15) is 77.9 Å². The Hall–Kier alpha value is -4.88. The second-order valence-electron chi connectivity index (χ2n) is 13.7. The molecule has 0 bridgehead atoms. The minimum absolute atomic E-state index is 0.0335. The molecule has 0 unspecified atom stereocenters. The summed E-state index contributed by atoms with van der Waals surface area (Å²) in [5.74, 6) is 0.903. The third kappa shape index (κ3) is 7.80. The van der Waals surface area contributed by atoms with Gasteiger partial charge in [-0.15, -0.1) is 0 Å². The summed E-state index contributed by atoms with van der Waals surface area (Å²) in [4.78, 5) is 32.1. The summed E-state index contributed by atoms with van der Waals surface area (Å²) < 4.78 is 2.17. The van der Waals surface area contributed by atoms with E-state index in [1.54, 1.807) is 12.4 Å². The maximum atomic E-state index is 13.8. The Kier molecular flexibility index (Phi) is 9.97. The van der Waals surface area contributed by atoms with Crippen LogP contribution in [0.2, 0.25) is 0 Å². The van der Waals surface area contributed by atoms with Crippen LogP contribution in [0.4, 0.5) is 0 Å². The average molecular weight is 639 g/mol. The van der Waals surface area contributed by atoms with Crippen molar-refractivity contribution >= 4 is 22.5 Å². The summed E-state index contributed by atoms with van der Waals surface area (Å²) in [5.41, 5.74) is 8.82. The molecule has 48 heavy (non-hydrogen) atoms. The van der Waals surface area contributed by atoms with Crippen molar-refractivity contribution in [2.24, 2.45) is 0 Å². The monoisotopic (exact) mass is 638 g/mol. The molecular weight excluding hydrogens is 592 g/mol. The van der Waals surface area contributed by atoms with Crippen LogP contribution in [-0.2, 0) is 13.0 Å². The molecule has 0 radical (unpaired) electrons. The molecule has 1 fully saturated rings. The first-order valence-electron chi connectivity index (χ1n) is 17.0. The van der Waals surface area contributed by atoms with Gasteiger partial charge >= 0.3 is 0 Å². The number of carbonyl (C=O) groups is 1. The van der Waals surface area contributed by atoms with Crippen LogP contribution in [0.15, 0.2) is 104 Å². The molecule has 0 atom stereocenters. The molecule has 0 spiro atoms. The second-order valence-corrected chi connectivity index (χ2v) is 13.7. The summed E-state index contributed by atoms with van der Waals surface area (Å²) in [6.07, 6.45) is 13.0. The fourth-order valence-electron chi connectivity index (χ4n) is 6.28.